The van der Waals surface area contributed by atoms with Crippen molar-refractivity contribution < 1.29 is 4.39 Å². The van der Waals surface area contributed by atoms with Crippen LogP contribution >= 0.6 is 27.5 Å². The Kier molecular flexibility index (Phi) is 4.38. The van der Waals surface area contributed by atoms with E-state index in [0.29, 0.717) is 16.5 Å². The first-order valence-corrected chi connectivity index (χ1v) is 6.28. The fraction of sp³-hybridized carbons (Fsp3) is 0.500. The summed E-state index contributed by atoms with van der Waals surface area (Å²) >= 11 is 9.00. The Balaban J connectivity index is 3.01. The van der Waals surface area contributed by atoms with Gasteiger partial charge in [-0.05, 0) is 33.8 Å². The van der Waals surface area contributed by atoms with Crippen molar-refractivity contribution in [3.8, 4) is 0 Å². The molecule has 0 saturated heterocycles. The second-order valence-electron chi connectivity index (χ2n) is 5.14. The van der Waals surface area contributed by atoms with Crippen molar-refractivity contribution in [2.75, 3.05) is 0 Å². The van der Waals surface area contributed by atoms with Gasteiger partial charge in [0.2, 0.25) is 0 Å². The first-order chi connectivity index (χ1) is 7.22. The summed E-state index contributed by atoms with van der Waals surface area (Å²) in [4.78, 5) is 0. The predicted molar refractivity (Wildman–Crippen MR) is 70.1 cm³/mol. The zero-order valence-corrected chi connectivity index (χ0v) is 12.0. The standard InChI is InChI=1S/C12H16BrClFN/c1-12(2,3)6-9(16)7-4-5-8(13)10(14)11(7)15/h4-5,9H,6,16H2,1-3H3. The SMILES string of the molecule is CC(C)(C)CC(N)c1ccc(Br)c(Cl)c1F. The highest BCUT2D eigenvalue weighted by molar-refractivity contribution is 9.10. The van der Waals surface area contributed by atoms with Gasteiger partial charge in [0.15, 0.2) is 0 Å². The Hall–Kier alpha value is -0.120. The van der Waals surface area contributed by atoms with Crippen LogP contribution in [0.15, 0.2) is 16.6 Å². The maximum absolute atomic E-state index is 13.8. The zero-order chi connectivity index (χ0) is 12.5. The van der Waals surface area contributed by atoms with Crippen LogP contribution in [0.5, 0.6) is 0 Å². The van der Waals surface area contributed by atoms with Crippen LogP contribution < -0.4 is 5.73 Å². The van der Waals surface area contributed by atoms with Gasteiger partial charge in [-0.1, -0.05) is 38.4 Å². The third-order valence-electron chi connectivity index (χ3n) is 2.30. The maximum atomic E-state index is 13.8. The summed E-state index contributed by atoms with van der Waals surface area (Å²) in [6, 6.07) is 3.08. The first-order valence-electron chi connectivity index (χ1n) is 5.11. The van der Waals surface area contributed by atoms with Crippen molar-refractivity contribution in [2.24, 2.45) is 11.1 Å². The fourth-order valence-electron chi connectivity index (χ4n) is 1.60. The number of benzene rings is 1. The van der Waals surface area contributed by atoms with Crippen molar-refractivity contribution in [2.45, 2.75) is 33.2 Å². The van der Waals surface area contributed by atoms with E-state index in [1.165, 1.54) is 0 Å². The third kappa shape index (κ3) is 3.44. The zero-order valence-electron chi connectivity index (χ0n) is 9.65. The average Bonchev–Trinajstić information content (AvgIpc) is 2.11. The fourth-order valence-corrected chi connectivity index (χ4v) is 2.08. The molecule has 2 N–H and O–H groups in total. The molecule has 1 atom stereocenters. The summed E-state index contributed by atoms with van der Waals surface area (Å²) in [6.07, 6.45) is 0.710. The molecule has 0 aliphatic carbocycles. The van der Waals surface area contributed by atoms with Gasteiger partial charge in [0.1, 0.15) is 5.82 Å². The summed E-state index contributed by atoms with van der Waals surface area (Å²) < 4.78 is 14.4. The highest BCUT2D eigenvalue weighted by Crippen LogP contribution is 2.34. The highest BCUT2D eigenvalue weighted by Gasteiger charge is 2.21. The van der Waals surface area contributed by atoms with Gasteiger partial charge in [-0.2, -0.15) is 0 Å². The second kappa shape index (κ2) is 5.03. The van der Waals surface area contributed by atoms with Crippen LogP contribution in [-0.2, 0) is 0 Å². The van der Waals surface area contributed by atoms with Gasteiger partial charge < -0.3 is 5.73 Å². The Labute approximate surface area is 109 Å². The molecule has 0 aromatic heterocycles. The van der Waals surface area contributed by atoms with Gasteiger partial charge in [0.05, 0.1) is 5.02 Å². The molecule has 0 radical (unpaired) electrons. The molecule has 0 aliphatic rings. The van der Waals surface area contributed by atoms with Gasteiger partial charge >= 0.3 is 0 Å². The molecule has 0 bridgehead atoms. The van der Waals surface area contributed by atoms with E-state index in [1.54, 1.807) is 12.1 Å². The van der Waals surface area contributed by atoms with E-state index >= 15 is 0 Å². The minimum absolute atomic E-state index is 0.0609. The number of hydrogen-bond acceptors (Lipinski definition) is 1. The molecule has 0 aliphatic heterocycles. The maximum Gasteiger partial charge on any atom is 0.147 e. The minimum atomic E-state index is -0.423. The summed E-state index contributed by atoms with van der Waals surface area (Å²) in [5.41, 5.74) is 6.52. The summed E-state index contributed by atoms with van der Waals surface area (Å²) in [5, 5.41) is 0.0989. The monoisotopic (exact) mass is 307 g/mol. The molecule has 0 amide bonds. The molecule has 1 aromatic carbocycles. The van der Waals surface area contributed by atoms with Crippen molar-refractivity contribution in [3.05, 3.63) is 33.0 Å². The largest absolute Gasteiger partial charge is 0.324 e. The number of nitrogens with two attached hydrogens (primary N) is 1. The molecule has 0 saturated carbocycles. The lowest BCUT2D eigenvalue weighted by atomic mass is 9.86. The molecular weight excluding hydrogens is 292 g/mol. The molecule has 90 valence electrons. The summed E-state index contributed by atoms with van der Waals surface area (Å²) in [6.45, 7) is 6.22. The topological polar surface area (TPSA) is 26.0 Å². The smallest absolute Gasteiger partial charge is 0.147 e. The van der Waals surface area contributed by atoms with Crippen molar-refractivity contribution >= 4 is 27.5 Å². The van der Waals surface area contributed by atoms with E-state index in [0.717, 1.165) is 0 Å². The predicted octanol–water partition coefficient (Wildman–Crippen LogP) is 4.68. The van der Waals surface area contributed by atoms with Gasteiger partial charge in [-0.15, -0.1) is 0 Å². The Morgan fingerprint density at radius 3 is 2.50 bits per heavy atom. The number of halogens is 3. The van der Waals surface area contributed by atoms with E-state index < -0.39 is 5.82 Å². The van der Waals surface area contributed by atoms with E-state index in [-0.39, 0.29) is 16.5 Å². The lowest BCUT2D eigenvalue weighted by molar-refractivity contribution is 0.339. The second-order valence-corrected chi connectivity index (χ2v) is 6.37. The van der Waals surface area contributed by atoms with Crippen LogP contribution in [-0.4, -0.2) is 0 Å². The van der Waals surface area contributed by atoms with Crippen LogP contribution in [0, 0.1) is 11.2 Å². The molecule has 0 spiro atoms. The molecule has 0 heterocycles. The Morgan fingerprint density at radius 1 is 1.44 bits per heavy atom. The minimum Gasteiger partial charge on any atom is -0.324 e. The van der Waals surface area contributed by atoms with Gasteiger partial charge in [0.25, 0.3) is 0 Å². The highest BCUT2D eigenvalue weighted by atomic mass is 79.9. The molecule has 4 heteroatoms. The Morgan fingerprint density at radius 2 is 2.00 bits per heavy atom. The van der Waals surface area contributed by atoms with Crippen molar-refractivity contribution in [3.63, 3.8) is 0 Å². The van der Waals surface area contributed by atoms with E-state index in [1.807, 2.05) is 0 Å². The number of hydrogen-bond donors (Lipinski definition) is 1. The van der Waals surface area contributed by atoms with Crippen LogP contribution in [0.4, 0.5) is 4.39 Å². The lowest BCUT2D eigenvalue weighted by Crippen LogP contribution is -2.19. The van der Waals surface area contributed by atoms with Crippen LogP contribution in [0.3, 0.4) is 0 Å². The molecule has 1 aromatic rings. The average molecular weight is 309 g/mol. The van der Waals surface area contributed by atoms with Crippen LogP contribution in [0.1, 0.15) is 38.8 Å². The van der Waals surface area contributed by atoms with Crippen molar-refractivity contribution in [1.29, 1.82) is 0 Å². The van der Waals surface area contributed by atoms with Gasteiger partial charge in [0, 0.05) is 16.1 Å². The normalized spacial score (nSPS) is 13.9. The van der Waals surface area contributed by atoms with E-state index in [4.69, 9.17) is 17.3 Å². The molecule has 1 rings (SSSR count). The first kappa shape index (κ1) is 13.9. The molecule has 16 heavy (non-hydrogen) atoms. The lowest BCUT2D eigenvalue weighted by Gasteiger charge is -2.24. The molecule has 1 nitrogen and oxygen atoms in total. The van der Waals surface area contributed by atoms with Gasteiger partial charge in [-0.25, -0.2) is 4.39 Å². The third-order valence-corrected chi connectivity index (χ3v) is 3.56. The van der Waals surface area contributed by atoms with Gasteiger partial charge in [-0.3, -0.25) is 0 Å². The molecule has 0 fully saturated rings. The molecule has 1 unspecified atom stereocenters. The summed E-state index contributed by atoms with van der Waals surface area (Å²) in [7, 11) is 0. The Bertz CT molecular complexity index is 387. The van der Waals surface area contributed by atoms with E-state index in [2.05, 4.69) is 36.7 Å². The molecular formula is C12H16BrClFN. The van der Waals surface area contributed by atoms with Crippen LogP contribution in [0.2, 0.25) is 5.02 Å². The quantitative estimate of drug-likeness (QED) is 0.789. The van der Waals surface area contributed by atoms with Crippen LogP contribution in [0.25, 0.3) is 0 Å². The van der Waals surface area contributed by atoms with Crippen molar-refractivity contribution in [1.82, 2.24) is 0 Å². The number of rotatable bonds is 2. The van der Waals surface area contributed by atoms with E-state index in [9.17, 15) is 4.39 Å². The summed E-state index contributed by atoms with van der Waals surface area (Å²) in [5.74, 6) is -0.423.